The van der Waals surface area contributed by atoms with Crippen LogP contribution in [0.2, 0.25) is 0 Å². The summed E-state index contributed by atoms with van der Waals surface area (Å²) in [5.74, 6) is 0.893. The topological polar surface area (TPSA) is 63.0 Å². The molecular formula is C12H22N4O. The van der Waals surface area contributed by atoms with Gasteiger partial charge < -0.3 is 10.4 Å². The standard InChI is InChI=1S/C12H22N4O/c1-10(2)16-11(14-9-15-16)8-12(17)4-3-6-13-7-5-12/h9-10,13,17H,3-8H2,1-2H3. The van der Waals surface area contributed by atoms with Crippen molar-refractivity contribution in [2.24, 2.45) is 0 Å². The van der Waals surface area contributed by atoms with Crippen molar-refractivity contribution < 1.29 is 5.11 Å². The molecule has 1 aliphatic heterocycles. The zero-order valence-corrected chi connectivity index (χ0v) is 10.7. The Hall–Kier alpha value is -0.940. The molecule has 96 valence electrons. The summed E-state index contributed by atoms with van der Waals surface area (Å²) in [6.45, 7) is 6.04. The van der Waals surface area contributed by atoms with E-state index in [0.717, 1.165) is 38.2 Å². The number of rotatable bonds is 3. The molecule has 2 N–H and O–H groups in total. The molecule has 0 aromatic carbocycles. The predicted molar refractivity (Wildman–Crippen MR) is 65.8 cm³/mol. The lowest BCUT2D eigenvalue weighted by Crippen LogP contribution is -2.34. The van der Waals surface area contributed by atoms with Gasteiger partial charge in [-0.2, -0.15) is 5.10 Å². The van der Waals surface area contributed by atoms with Crippen LogP contribution in [0.15, 0.2) is 6.33 Å². The van der Waals surface area contributed by atoms with Crippen LogP contribution in [0.1, 0.15) is 45.0 Å². The number of aliphatic hydroxyl groups is 1. The van der Waals surface area contributed by atoms with Crippen molar-refractivity contribution in [3.63, 3.8) is 0 Å². The SMILES string of the molecule is CC(C)n1ncnc1CC1(O)CCCNCC1. The summed E-state index contributed by atoms with van der Waals surface area (Å²) in [7, 11) is 0. The van der Waals surface area contributed by atoms with E-state index in [2.05, 4.69) is 29.2 Å². The molecule has 0 amide bonds. The molecule has 0 aliphatic carbocycles. The summed E-state index contributed by atoms with van der Waals surface area (Å²) >= 11 is 0. The number of aromatic nitrogens is 3. The Morgan fingerprint density at radius 1 is 1.47 bits per heavy atom. The fraction of sp³-hybridized carbons (Fsp3) is 0.833. The Morgan fingerprint density at radius 2 is 2.29 bits per heavy atom. The van der Waals surface area contributed by atoms with E-state index < -0.39 is 5.60 Å². The molecule has 17 heavy (non-hydrogen) atoms. The number of nitrogens with one attached hydrogen (secondary N) is 1. The first kappa shape index (κ1) is 12.5. The molecule has 1 aromatic heterocycles. The molecule has 0 saturated carbocycles. The van der Waals surface area contributed by atoms with Gasteiger partial charge in [0.1, 0.15) is 12.2 Å². The molecule has 1 saturated heterocycles. The first-order valence-electron chi connectivity index (χ1n) is 6.42. The second kappa shape index (κ2) is 5.14. The molecule has 5 heteroatoms. The van der Waals surface area contributed by atoms with E-state index in [9.17, 15) is 5.11 Å². The zero-order valence-electron chi connectivity index (χ0n) is 10.7. The molecule has 1 aliphatic rings. The van der Waals surface area contributed by atoms with Crippen LogP contribution in [0.4, 0.5) is 0 Å². The van der Waals surface area contributed by atoms with E-state index in [-0.39, 0.29) is 0 Å². The molecule has 2 heterocycles. The molecule has 1 atom stereocenters. The van der Waals surface area contributed by atoms with Gasteiger partial charge in [0.15, 0.2) is 0 Å². The van der Waals surface area contributed by atoms with Crippen molar-refractivity contribution >= 4 is 0 Å². The minimum atomic E-state index is -0.622. The Kier molecular flexibility index (Phi) is 3.79. The van der Waals surface area contributed by atoms with Gasteiger partial charge in [-0.25, -0.2) is 9.67 Å². The fourth-order valence-electron chi connectivity index (χ4n) is 2.42. The quantitative estimate of drug-likeness (QED) is 0.821. The second-order valence-electron chi connectivity index (χ2n) is 5.22. The van der Waals surface area contributed by atoms with Crippen molar-refractivity contribution in [3.8, 4) is 0 Å². The number of nitrogens with zero attached hydrogens (tertiary/aromatic N) is 3. The van der Waals surface area contributed by atoms with Gasteiger partial charge in [-0.15, -0.1) is 0 Å². The van der Waals surface area contributed by atoms with E-state index in [1.54, 1.807) is 6.33 Å². The van der Waals surface area contributed by atoms with Gasteiger partial charge in [-0.3, -0.25) is 0 Å². The second-order valence-corrected chi connectivity index (χ2v) is 5.22. The number of hydrogen-bond donors (Lipinski definition) is 2. The summed E-state index contributed by atoms with van der Waals surface area (Å²) < 4.78 is 1.90. The third-order valence-corrected chi connectivity index (χ3v) is 3.39. The van der Waals surface area contributed by atoms with Gasteiger partial charge in [0.05, 0.1) is 5.60 Å². The zero-order chi connectivity index (χ0) is 12.3. The van der Waals surface area contributed by atoms with E-state index >= 15 is 0 Å². The summed E-state index contributed by atoms with van der Waals surface area (Å²) in [6, 6.07) is 0.292. The Labute approximate surface area is 102 Å². The molecule has 0 bridgehead atoms. The Bertz CT molecular complexity index is 353. The molecule has 0 spiro atoms. The van der Waals surface area contributed by atoms with Crippen LogP contribution in [0.3, 0.4) is 0 Å². The largest absolute Gasteiger partial charge is 0.389 e. The van der Waals surface area contributed by atoms with Crippen LogP contribution in [-0.2, 0) is 6.42 Å². The average molecular weight is 238 g/mol. The predicted octanol–water partition coefficient (Wildman–Crippen LogP) is 0.906. The van der Waals surface area contributed by atoms with Crippen LogP contribution in [0, 0.1) is 0 Å². The third kappa shape index (κ3) is 3.04. The first-order chi connectivity index (χ1) is 8.11. The Balaban J connectivity index is 2.10. The van der Waals surface area contributed by atoms with Gasteiger partial charge in [-0.05, 0) is 46.2 Å². The highest BCUT2D eigenvalue weighted by Gasteiger charge is 2.30. The average Bonchev–Trinajstić information content (AvgIpc) is 2.61. The van der Waals surface area contributed by atoms with Gasteiger partial charge in [0, 0.05) is 12.5 Å². The van der Waals surface area contributed by atoms with Crippen molar-refractivity contribution in [1.82, 2.24) is 20.1 Å². The molecule has 1 unspecified atom stereocenters. The smallest absolute Gasteiger partial charge is 0.138 e. The van der Waals surface area contributed by atoms with Gasteiger partial charge in [0.25, 0.3) is 0 Å². The maximum atomic E-state index is 10.6. The van der Waals surface area contributed by atoms with Gasteiger partial charge >= 0.3 is 0 Å². The highest BCUT2D eigenvalue weighted by molar-refractivity contribution is 4.96. The number of hydrogen-bond acceptors (Lipinski definition) is 4. The van der Waals surface area contributed by atoms with Crippen molar-refractivity contribution in [1.29, 1.82) is 0 Å². The highest BCUT2D eigenvalue weighted by atomic mass is 16.3. The molecule has 5 nitrogen and oxygen atoms in total. The van der Waals surface area contributed by atoms with Crippen LogP contribution < -0.4 is 5.32 Å². The maximum Gasteiger partial charge on any atom is 0.138 e. The molecule has 0 radical (unpaired) electrons. The maximum absolute atomic E-state index is 10.6. The van der Waals surface area contributed by atoms with Crippen LogP contribution in [0.5, 0.6) is 0 Å². The van der Waals surface area contributed by atoms with E-state index in [0.29, 0.717) is 12.5 Å². The molecular weight excluding hydrogens is 216 g/mol. The van der Waals surface area contributed by atoms with E-state index in [4.69, 9.17) is 0 Å². The normalized spacial score (nSPS) is 26.1. The van der Waals surface area contributed by atoms with Crippen molar-refractivity contribution in [2.75, 3.05) is 13.1 Å². The minimum absolute atomic E-state index is 0.292. The molecule has 1 fully saturated rings. The molecule has 1 aromatic rings. The van der Waals surface area contributed by atoms with Gasteiger partial charge in [0.2, 0.25) is 0 Å². The van der Waals surface area contributed by atoms with Crippen LogP contribution in [-0.4, -0.2) is 38.6 Å². The Morgan fingerprint density at radius 3 is 3.06 bits per heavy atom. The first-order valence-corrected chi connectivity index (χ1v) is 6.42. The summed E-state index contributed by atoms with van der Waals surface area (Å²) in [5.41, 5.74) is -0.622. The minimum Gasteiger partial charge on any atom is -0.389 e. The van der Waals surface area contributed by atoms with Crippen LogP contribution in [0.25, 0.3) is 0 Å². The van der Waals surface area contributed by atoms with Gasteiger partial charge in [-0.1, -0.05) is 0 Å². The summed E-state index contributed by atoms with van der Waals surface area (Å²) in [4.78, 5) is 4.28. The lowest BCUT2D eigenvalue weighted by molar-refractivity contribution is 0.0253. The highest BCUT2D eigenvalue weighted by Crippen LogP contribution is 2.24. The fourth-order valence-corrected chi connectivity index (χ4v) is 2.42. The summed E-state index contributed by atoms with van der Waals surface area (Å²) in [5, 5.41) is 18.1. The third-order valence-electron chi connectivity index (χ3n) is 3.39. The van der Waals surface area contributed by atoms with E-state index in [1.165, 1.54) is 0 Å². The van der Waals surface area contributed by atoms with Crippen LogP contribution >= 0.6 is 0 Å². The van der Waals surface area contributed by atoms with Crippen molar-refractivity contribution in [3.05, 3.63) is 12.2 Å². The van der Waals surface area contributed by atoms with Crippen molar-refractivity contribution in [2.45, 2.75) is 51.2 Å². The lowest BCUT2D eigenvalue weighted by atomic mass is 9.91. The lowest BCUT2D eigenvalue weighted by Gasteiger charge is -2.26. The van der Waals surface area contributed by atoms with E-state index in [1.807, 2.05) is 4.68 Å². The molecule has 2 rings (SSSR count). The monoisotopic (exact) mass is 238 g/mol. The summed E-state index contributed by atoms with van der Waals surface area (Å²) in [6.07, 6.45) is 4.83.